The summed E-state index contributed by atoms with van der Waals surface area (Å²) < 4.78 is 4.85. The highest BCUT2D eigenvalue weighted by molar-refractivity contribution is 6.00. The second-order valence-electron chi connectivity index (χ2n) is 5.81. The van der Waals surface area contributed by atoms with Gasteiger partial charge in [-0.3, -0.25) is 9.59 Å². The second-order valence-corrected chi connectivity index (χ2v) is 5.81. The molecule has 0 spiro atoms. The van der Waals surface area contributed by atoms with E-state index in [-0.39, 0.29) is 23.1 Å². The fourth-order valence-electron chi connectivity index (χ4n) is 3.11. The average molecular weight is 342 g/mol. The van der Waals surface area contributed by atoms with Crippen molar-refractivity contribution in [3.05, 3.63) is 59.1 Å². The Morgan fingerprint density at radius 2 is 1.96 bits per heavy atom. The molecular weight excluding hydrogens is 324 g/mol. The number of ether oxygens (including phenoxy) is 1. The number of esters is 1. The largest absolute Gasteiger partial charge is 0.469 e. The molecule has 25 heavy (non-hydrogen) atoms. The van der Waals surface area contributed by atoms with E-state index in [2.05, 4.69) is 22.5 Å². The minimum atomic E-state index is -0.580. The molecule has 3 amide bonds. The second kappa shape index (κ2) is 6.31. The fourth-order valence-corrected chi connectivity index (χ4v) is 3.11. The lowest BCUT2D eigenvalue weighted by Gasteiger charge is -2.22. The summed E-state index contributed by atoms with van der Waals surface area (Å²) in [5.74, 6) is -1.35. The summed E-state index contributed by atoms with van der Waals surface area (Å²) in [5, 5.41) is 7.58. The van der Waals surface area contributed by atoms with Crippen molar-refractivity contribution in [1.82, 2.24) is 16.0 Å². The predicted octanol–water partition coefficient (Wildman–Crippen LogP) is 0.501. The number of carbonyl (C=O) groups excluding carboxylic acids is 3. The highest BCUT2D eigenvalue weighted by Gasteiger charge is 2.37. The number of nitrogens with one attached hydrogen (secondary N) is 3. The zero-order chi connectivity index (χ0) is 18.1. The Labute approximate surface area is 144 Å². The van der Waals surface area contributed by atoms with Gasteiger partial charge in [-0.2, -0.15) is 0 Å². The third-order valence-corrected chi connectivity index (χ3v) is 4.33. The minimum absolute atomic E-state index is 0.0623. The van der Waals surface area contributed by atoms with Gasteiger partial charge in [-0.1, -0.05) is 30.8 Å². The smallest absolute Gasteiger partial charge is 0.323 e. The third-order valence-electron chi connectivity index (χ3n) is 4.33. The Morgan fingerprint density at radius 3 is 2.64 bits per heavy atom. The molecule has 130 valence electrons. The van der Waals surface area contributed by atoms with Crippen LogP contribution in [0.5, 0.6) is 0 Å². The number of fused-ring (bicyclic) bond motifs is 1. The molecule has 2 aliphatic rings. The number of hydrogen-bond acceptors (Lipinski definition) is 5. The molecule has 0 saturated carbocycles. The Kier molecular flexibility index (Phi) is 4.18. The van der Waals surface area contributed by atoms with E-state index in [1.807, 2.05) is 24.3 Å². The van der Waals surface area contributed by atoms with Crippen molar-refractivity contribution in [3.63, 3.8) is 0 Å². The van der Waals surface area contributed by atoms with Crippen LogP contribution < -0.4 is 21.7 Å². The molecule has 0 unspecified atom stereocenters. The van der Waals surface area contributed by atoms with E-state index >= 15 is 0 Å². The lowest BCUT2D eigenvalue weighted by atomic mass is 10.0. The van der Waals surface area contributed by atoms with Gasteiger partial charge in [0, 0.05) is 0 Å². The molecule has 1 aromatic carbocycles. The van der Waals surface area contributed by atoms with Crippen LogP contribution in [-0.2, 0) is 14.3 Å². The molecule has 0 bridgehead atoms. The molecule has 1 aliphatic heterocycles. The summed E-state index contributed by atoms with van der Waals surface area (Å²) in [6, 6.07) is 6.37. The van der Waals surface area contributed by atoms with Gasteiger partial charge in [-0.15, -0.1) is 0 Å². The number of methoxy groups -OCH3 is 1. The molecule has 1 heterocycles. The van der Waals surface area contributed by atoms with Gasteiger partial charge in [-0.05, 0) is 17.5 Å². The van der Waals surface area contributed by atoms with E-state index in [9.17, 15) is 14.4 Å². The van der Waals surface area contributed by atoms with E-state index in [0.29, 0.717) is 6.42 Å². The first-order valence-corrected chi connectivity index (χ1v) is 7.67. The predicted molar refractivity (Wildman–Crippen MR) is 88.7 cm³/mol. The third kappa shape index (κ3) is 2.93. The summed E-state index contributed by atoms with van der Waals surface area (Å²) in [4.78, 5) is 36.1. The SMILES string of the molecule is C=C1NC(=O)NC(C(=O)N[C@H]2C[C@@H](C(=O)OC)c3ccccc32)=C1N. The van der Waals surface area contributed by atoms with Gasteiger partial charge < -0.3 is 26.4 Å². The summed E-state index contributed by atoms with van der Waals surface area (Å²) in [7, 11) is 1.33. The quantitative estimate of drug-likeness (QED) is 0.596. The summed E-state index contributed by atoms with van der Waals surface area (Å²) in [5.41, 5.74) is 7.64. The normalized spacial score (nSPS) is 22.0. The number of urea groups is 1. The van der Waals surface area contributed by atoms with Crippen LogP contribution in [0.3, 0.4) is 0 Å². The number of carbonyl (C=O) groups is 3. The van der Waals surface area contributed by atoms with Crippen LogP contribution >= 0.6 is 0 Å². The van der Waals surface area contributed by atoms with E-state index < -0.39 is 23.9 Å². The van der Waals surface area contributed by atoms with E-state index in [1.54, 1.807) is 0 Å². The molecule has 5 N–H and O–H groups in total. The Bertz CT molecular complexity index is 815. The van der Waals surface area contributed by atoms with Crippen molar-refractivity contribution >= 4 is 17.9 Å². The number of amides is 3. The molecule has 0 aromatic heterocycles. The summed E-state index contributed by atoms with van der Waals surface area (Å²) in [6.45, 7) is 3.60. The molecule has 3 rings (SSSR count). The van der Waals surface area contributed by atoms with Gasteiger partial charge in [0.2, 0.25) is 0 Å². The van der Waals surface area contributed by atoms with Crippen LogP contribution in [0.2, 0.25) is 0 Å². The first-order chi connectivity index (χ1) is 11.9. The lowest BCUT2D eigenvalue weighted by Crippen LogP contribution is -2.47. The fraction of sp³-hybridized carbons (Fsp3) is 0.235. The molecule has 2 atom stereocenters. The number of nitrogens with two attached hydrogens (primary N) is 1. The van der Waals surface area contributed by atoms with Crippen LogP contribution in [0.1, 0.15) is 29.5 Å². The Balaban J connectivity index is 1.85. The summed E-state index contributed by atoms with van der Waals surface area (Å²) in [6.07, 6.45) is 0.373. The average Bonchev–Trinajstić information content (AvgIpc) is 2.96. The van der Waals surface area contributed by atoms with E-state index in [1.165, 1.54) is 7.11 Å². The van der Waals surface area contributed by atoms with Crippen LogP contribution in [-0.4, -0.2) is 25.0 Å². The maximum atomic E-state index is 12.6. The zero-order valence-electron chi connectivity index (χ0n) is 13.6. The van der Waals surface area contributed by atoms with Gasteiger partial charge in [0.05, 0.1) is 30.5 Å². The summed E-state index contributed by atoms with van der Waals surface area (Å²) >= 11 is 0. The van der Waals surface area contributed by atoms with Crippen molar-refractivity contribution in [2.24, 2.45) is 5.73 Å². The Morgan fingerprint density at radius 1 is 1.28 bits per heavy atom. The molecule has 8 heteroatoms. The molecule has 0 saturated heterocycles. The maximum Gasteiger partial charge on any atom is 0.323 e. The zero-order valence-corrected chi connectivity index (χ0v) is 13.6. The van der Waals surface area contributed by atoms with E-state index in [4.69, 9.17) is 10.5 Å². The molecule has 0 radical (unpaired) electrons. The lowest BCUT2D eigenvalue weighted by molar-refractivity contribution is -0.142. The molecule has 1 aromatic rings. The first-order valence-electron chi connectivity index (χ1n) is 7.67. The van der Waals surface area contributed by atoms with Crippen LogP contribution in [0.4, 0.5) is 4.79 Å². The Hall–Kier alpha value is -3.29. The topological polar surface area (TPSA) is 123 Å². The molecular formula is C17H18N4O4. The van der Waals surface area contributed by atoms with Gasteiger partial charge in [0.25, 0.3) is 5.91 Å². The van der Waals surface area contributed by atoms with E-state index in [0.717, 1.165) is 11.1 Å². The van der Waals surface area contributed by atoms with Crippen molar-refractivity contribution < 1.29 is 19.1 Å². The van der Waals surface area contributed by atoms with Gasteiger partial charge >= 0.3 is 12.0 Å². The molecule has 8 nitrogen and oxygen atoms in total. The van der Waals surface area contributed by atoms with Crippen LogP contribution in [0, 0.1) is 0 Å². The van der Waals surface area contributed by atoms with Crippen molar-refractivity contribution in [2.45, 2.75) is 18.4 Å². The maximum absolute atomic E-state index is 12.6. The van der Waals surface area contributed by atoms with Crippen LogP contribution in [0.15, 0.2) is 47.9 Å². The number of rotatable bonds is 3. The number of benzene rings is 1. The first kappa shape index (κ1) is 16.6. The van der Waals surface area contributed by atoms with Gasteiger partial charge in [0.1, 0.15) is 5.70 Å². The molecule has 0 fully saturated rings. The minimum Gasteiger partial charge on any atom is -0.469 e. The monoisotopic (exact) mass is 342 g/mol. The number of hydrogen-bond donors (Lipinski definition) is 4. The highest BCUT2D eigenvalue weighted by atomic mass is 16.5. The van der Waals surface area contributed by atoms with Crippen molar-refractivity contribution in [1.29, 1.82) is 0 Å². The van der Waals surface area contributed by atoms with Crippen molar-refractivity contribution in [2.75, 3.05) is 7.11 Å². The van der Waals surface area contributed by atoms with Crippen LogP contribution in [0.25, 0.3) is 0 Å². The van der Waals surface area contributed by atoms with Crippen molar-refractivity contribution in [3.8, 4) is 0 Å². The standard InChI is InChI=1S/C17H18N4O4/c1-8-13(18)14(21-17(24)19-8)15(22)20-12-7-11(16(23)25-2)9-5-3-4-6-10(9)12/h3-6,11-12H,1,7,18H2,2H3,(H,20,22)(H2,19,21,24)/t11-,12+/m1/s1. The highest BCUT2D eigenvalue weighted by Crippen LogP contribution is 2.40. The van der Waals surface area contributed by atoms with Gasteiger partial charge in [0.15, 0.2) is 0 Å². The molecule has 1 aliphatic carbocycles. The van der Waals surface area contributed by atoms with Gasteiger partial charge in [-0.25, -0.2) is 4.79 Å².